The van der Waals surface area contributed by atoms with Crippen LogP contribution in [-0.2, 0) is 6.54 Å². The molecule has 0 fully saturated rings. The minimum atomic E-state index is -0.189. The Labute approximate surface area is 172 Å². The van der Waals surface area contributed by atoms with Crippen LogP contribution in [0.2, 0.25) is 5.02 Å². The van der Waals surface area contributed by atoms with Gasteiger partial charge in [-0.25, -0.2) is 4.98 Å². The fourth-order valence-electron chi connectivity index (χ4n) is 3.02. The number of nitrogens with zero attached hydrogens (tertiary/aromatic N) is 3. The Morgan fingerprint density at radius 3 is 2.50 bits per heavy atom. The summed E-state index contributed by atoms with van der Waals surface area (Å²) in [5.41, 5.74) is 4.40. The van der Waals surface area contributed by atoms with Gasteiger partial charge in [-0.05, 0) is 49.2 Å². The normalized spacial score (nSPS) is 11.0. The summed E-state index contributed by atoms with van der Waals surface area (Å²) in [6.45, 7) is 4.41. The zero-order valence-electron chi connectivity index (χ0n) is 15.5. The van der Waals surface area contributed by atoms with Crippen molar-refractivity contribution in [3.63, 3.8) is 0 Å². The number of aryl methyl sites for hydroxylation is 2. The molecule has 0 aliphatic rings. The molecule has 0 bridgehead atoms. The van der Waals surface area contributed by atoms with E-state index in [4.69, 9.17) is 16.6 Å². The molecule has 0 atom stereocenters. The van der Waals surface area contributed by atoms with Crippen LogP contribution in [0, 0.1) is 13.8 Å². The average Bonchev–Trinajstić information content (AvgIpc) is 3.16. The maximum absolute atomic E-state index is 13.4. The molecule has 0 unspecified atom stereocenters. The van der Waals surface area contributed by atoms with Gasteiger partial charge in [0, 0.05) is 6.20 Å². The molecule has 2 heterocycles. The molecule has 1 amide bonds. The lowest BCUT2D eigenvalue weighted by atomic mass is 10.1. The summed E-state index contributed by atoms with van der Waals surface area (Å²) in [7, 11) is 0. The molecule has 0 saturated heterocycles. The van der Waals surface area contributed by atoms with Crippen molar-refractivity contribution < 1.29 is 4.79 Å². The zero-order valence-corrected chi connectivity index (χ0v) is 17.1. The van der Waals surface area contributed by atoms with Crippen molar-refractivity contribution in [2.45, 2.75) is 20.4 Å². The molecule has 0 spiro atoms. The van der Waals surface area contributed by atoms with Crippen molar-refractivity contribution in [2.24, 2.45) is 0 Å². The topological polar surface area (TPSA) is 46.1 Å². The van der Waals surface area contributed by atoms with Crippen LogP contribution in [0.15, 0.2) is 60.8 Å². The molecule has 0 N–H and O–H groups in total. The van der Waals surface area contributed by atoms with E-state index in [1.165, 1.54) is 11.3 Å². The van der Waals surface area contributed by atoms with Gasteiger partial charge in [0.1, 0.15) is 0 Å². The van der Waals surface area contributed by atoms with Crippen LogP contribution in [0.3, 0.4) is 0 Å². The van der Waals surface area contributed by atoms with Crippen LogP contribution in [0.1, 0.15) is 27.2 Å². The van der Waals surface area contributed by atoms with E-state index in [0.717, 1.165) is 27.0 Å². The molecule has 0 radical (unpaired) electrons. The Morgan fingerprint density at radius 1 is 1.04 bits per heavy atom. The number of aromatic nitrogens is 2. The molecule has 4 aromatic rings. The van der Waals surface area contributed by atoms with Crippen LogP contribution in [0.5, 0.6) is 0 Å². The molecule has 2 aromatic heterocycles. The van der Waals surface area contributed by atoms with Gasteiger partial charge in [-0.15, -0.1) is 0 Å². The predicted octanol–water partition coefficient (Wildman–Crippen LogP) is 5.81. The molecule has 6 heteroatoms. The van der Waals surface area contributed by atoms with Crippen LogP contribution >= 0.6 is 22.9 Å². The smallest absolute Gasteiger partial charge is 0.261 e. The number of hydrogen-bond acceptors (Lipinski definition) is 4. The van der Waals surface area contributed by atoms with Gasteiger partial charge in [-0.2, -0.15) is 0 Å². The Morgan fingerprint density at radius 2 is 1.79 bits per heavy atom. The number of halogens is 1. The second-order valence-corrected chi connectivity index (χ2v) is 7.95. The number of rotatable bonds is 4. The summed E-state index contributed by atoms with van der Waals surface area (Å²) in [4.78, 5) is 24.2. The number of amides is 1. The Hall–Kier alpha value is -2.76. The first-order valence-corrected chi connectivity index (χ1v) is 10.1. The van der Waals surface area contributed by atoms with Crippen molar-refractivity contribution in [1.29, 1.82) is 0 Å². The van der Waals surface area contributed by atoms with Gasteiger partial charge >= 0.3 is 0 Å². The van der Waals surface area contributed by atoms with Gasteiger partial charge in [0.15, 0.2) is 5.13 Å². The van der Waals surface area contributed by atoms with E-state index in [-0.39, 0.29) is 5.91 Å². The number of benzene rings is 2. The minimum absolute atomic E-state index is 0.189. The van der Waals surface area contributed by atoms with Crippen molar-refractivity contribution >= 4 is 44.2 Å². The van der Waals surface area contributed by atoms with Gasteiger partial charge < -0.3 is 0 Å². The van der Waals surface area contributed by atoms with Gasteiger partial charge in [-0.1, -0.05) is 53.3 Å². The first kappa shape index (κ1) is 18.6. The number of hydrogen-bond donors (Lipinski definition) is 0. The van der Waals surface area contributed by atoms with Crippen molar-refractivity contribution in [1.82, 2.24) is 9.97 Å². The summed E-state index contributed by atoms with van der Waals surface area (Å²) < 4.78 is 1.09. The van der Waals surface area contributed by atoms with E-state index < -0.39 is 0 Å². The molecule has 0 saturated carbocycles. The highest BCUT2D eigenvalue weighted by Gasteiger charge is 2.24. The highest BCUT2D eigenvalue weighted by molar-refractivity contribution is 7.22. The number of carbonyl (C=O) groups is 1. The molecule has 4 rings (SSSR count). The molecule has 28 heavy (non-hydrogen) atoms. The largest absolute Gasteiger partial charge is 0.278 e. The first-order valence-electron chi connectivity index (χ1n) is 8.87. The van der Waals surface area contributed by atoms with E-state index in [1.54, 1.807) is 23.2 Å². The summed E-state index contributed by atoms with van der Waals surface area (Å²) in [6, 6.07) is 16.9. The van der Waals surface area contributed by atoms with Crippen molar-refractivity contribution in [3.05, 3.63) is 88.2 Å². The molecule has 0 aliphatic carbocycles. The molecule has 0 aliphatic heterocycles. The minimum Gasteiger partial charge on any atom is -0.278 e. The van der Waals surface area contributed by atoms with Crippen LogP contribution < -0.4 is 4.90 Å². The molecular weight excluding hydrogens is 390 g/mol. The number of anilines is 1. The SMILES string of the molecule is Cc1ccc(C)c2sc(N(Cc3ccccn3)C(=O)c3ccccc3Cl)nc12. The fraction of sp³-hybridized carbons (Fsp3) is 0.136. The van der Waals surface area contributed by atoms with Crippen LogP contribution in [0.4, 0.5) is 5.13 Å². The van der Waals surface area contributed by atoms with E-state index >= 15 is 0 Å². The third-order valence-corrected chi connectivity index (χ3v) is 6.10. The zero-order chi connectivity index (χ0) is 19.7. The lowest BCUT2D eigenvalue weighted by Crippen LogP contribution is -2.31. The standard InChI is InChI=1S/C22H18ClN3OS/c1-14-10-11-15(2)20-19(14)25-22(28-20)26(13-16-7-5-6-12-24-16)21(27)17-8-3-4-9-18(17)23/h3-12H,13H2,1-2H3. The number of carbonyl (C=O) groups excluding carboxylic acids is 1. The average molecular weight is 408 g/mol. The first-order chi connectivity index (χ1) is 13.5. The fourth-order valence-corrected chi connectivity index (χ4v) is 4.35. The molecular formula is C22H18ClN3OS. The lowest BCUT2D eigenvalue weighted by Gasteiger charge is -2.20. The monoisotopic (exact) mass is 407 g/mol. The second kappa shape index (κ2) is 7.70. The molecule has 4 nitrogen and oxygen atoms in total. The van der Waals surface area contributed by atoms with Crippen LogP contribution in [0.25, 0.3) is 10.2 Å². The molecule has 2 aromatic carbocycles. The van der Waals surface area contributed by atoms with Gasteiger partial charge in [0.25, 0.3) is 5.91 Å². The third-order valence-electron chi connectivity index (χ3n) is 4.56. The van der Waals surface area contributed by atoms with Gasteiger partial charge in [0.2, 0.25) is 0 Å². The van der Waals surface area contributed by atoms with Crippen LogP contribution in [-0.4, -0.2) is 15.9 Å². The number of pyridine rings is 1. The van der Waals surface area contributed by atoms with Gasteiger partial charge in [0.05, 0.1) is 33.0 Å². The highest BCUT2D eigenvalue weighted by atomic mass is 35.5. The Bertz CT molecular complexity index is 1120. The Kier molecular flexibility index (Phi) is 5.11. The lowest BCUT2D eigenvalue weighted by molar-refractivity contribution is 0.0985. The van der Waals surface area contributed by atoms with Crippen molar-refractivity contribution in [2.75, 3.05) is 4.90 Å². The third kappa shape index (κ3) is 3.51. The van der Waals surface area contributed by atoms with E-state index in [2.05, 4.69) is 24.0 Å². The number of thiazole rings is 1. The maximum Gasteiger partial charge on any atom is 0.261 e. The quantitative estimate of drug-likeness (QED) is 0.429. The van der Waals surface area contributed by atoms with E-state index in [1.807, 2.05) is 37.3 Å². The second-order valence-electron chi connectivity index (χ2n) is 6.57. The van der Waals surface area contributed by atoms with Crippen molar-refractivity contribution in [3.8, 4) is 0 Å². The van der Waals surface area contributed by atoms with E-state index in [9.17, 15) is 4.79 Å². The summed E-state index contributed by atoms with van der Waals surface area (Å²) >= 11 is 7.82. The summed E-state index contributed by atoms with van der Waals surface area (Å²) in [6.07, 6.45) is 1.72. The van der Waals surface area contributed by atoms with Gasteiger partial charge in [-0.3, -0.25) is 14.7 Å². The summed E-state index contributed by atoms with van der Waals surface area (Å²) in [5.74, 6) is -0.189. The molecule has 140 valence electrons. The number of fused-ring (bicyclic) bond motifs is 1. The summed E-state index contributed by atoms with van der Waals surface area (Å²) in [5, 5.41) is 1.06. The maximum atomic E-state index is 13.4. The van der Waals surface area contributed by atoms with E-state index in [0.29, 0.717) is 22.3 Å². The predicted molar refractivity (Wildman–Crippen MR) is 115 cm³/mol. The highest BCUT2D eigenvalue weighted by Crippen LogP contribution is 2.34. The Balaban J connectivity index is 1.83.